The third-order valence-corrected chi connectivity index (χ3v) is 8.30. The van der Waals surface area contributed by atoms with Crippen LogP contribution in [0.5, 0.6) is 0 Å². The van der Waals surface area contributed by atoms with Crippen LogP contribution in [0.3, 0.4) is 0 Å². The number of carbonyl (C=O) groups is 3. The topological polar surface area (TPSA) is 82.2 Å². The highest BCUT2D eigenvalue weighted by molar-refractivity contribution is 5.99. The number of benzene rings is 1. The number of nitrogens with zero attached hydrogens (tertiary/aromatic N) is 3. The predicted octanol–water partition coefficient (Wildman–Crippen LogP) is 3.20. The van der Waals surface area contributed by atoms with Gasteiger partial charge in [0, 0.05) is 49.9 Å². The van der Waals surface area contributed by atoms with Gasteiger partial charge in [-0.2, -0.15) is 0 Å². The second-order valence-electron chi connectivity index (χ2n) is 12.7. The first-order valence-electron chi connectivity index (χ1n) is 14.3. The summed E-state index contributed by atoms with van der Waals surface area (Å²) in [5.41, 5.74) is 1.54. The molecule has 8 heteroatoms. The zero-order valence-electron chi connectivity index (χ0n) is 24.0. The Morgan fingerprint density at radius 2 is 1.74 bits per heavy atom. The van der Waals surface area contributed by atoms with E-state index in [4.69, 9.17) is 4.74 Å². The minimum atomic E-state index is -0.693. The Balaban J connectivity index is 1.44. The van der Waals surface area contributed by atoms with Crippen molar-refractivity contribution in [2.75, 3.05) is 50.8 Å². The lowest BCUT2D eigenvalue weighted by atomic mass is 9.78. The summed E-state index contributed by atoms with van der Waals surface area (Å²) in [5.74, 6) is -0.231. The molecular formula is C30H46N4O4. The smallest absolute Gasteiger partial charge is 0.251 e. The Labute approximate surface area is 228 Å². The summed E-state index contributed by atoms with van der Waals surface area (Å²) in [4.78, 5) is 46.4. The van der Waals surface area contributed by atoms with Crippen LogP contribution in [0.25, 0.3) is 0 Å². The highest BCUT2D eigenvalue weighted by Gasteiger charge is 2.55. The number of hydrogen-bond acceptors (Lipinski definition) is 6. The van der Waals surface area contributed by atoms with Crippen molar-refractivity contribution in [1.82, 2.24) is 15.1 Å². The van der Waals surface area contributed by atoms with Crippen LogP contribution in [-0.4, -0.2) is 91.5 Å². The van der Waals surface area contributed by atoms with Crippen LogP contribution in [0, 0.1) is 17.3 Å². The van der Waals surface area contributed by atoms with Gasteiger partial charge in [-0.05, 0) is 55.0 Å². The van der Waals surface area contributed by atoms with Crippen molar-refractivity contribution in [2.45, 2.75) is 72.6 Å². The number of likely N-dealkylation sites (tertiary alicyclic amines) is 1. The highest BCUT2D eigenvalue weighted by Crippen LogP contribution is 2.41. The van der Waals surface area contributed by atoms with Crippen molar-refractivity contribution in [2.24, 2.45) is 17.3 Å². The van der Waals surface area contributed by atoms with Crippen molar-refractivity contribution in [3.05, 3.63) is 29.8 Å². The monoisotopic (exact) mass is 526 g/mol. The minimum absolute atomic E-state index is 0.0455. The van der Waals surface area contributed by atoms with Crippen molar-refractivity contribution in [3.63, 3.8) is 0 Å². The molecule has 38 heavy (non-hydrogen) atoms. The first kappa shape index (κ1) is 28.6. The Bertz CT molecular complexity index is 995. The molecule has 3 saturated heterocycles. The SMILES string of the molecule is CCCN1CCN(c2ccc(C(=O)NC(CC(C)C)C(=O)N3C[C@@H](C(C)(C)C)[C@H]4OCC(=O)[C@H]43)cc2)CC1. The van der Waals surface area contributed by atoms with E-state index in [1.807, 2.05) is 38.1 Å². The van der Waals surface area contributed by atoms with Crippen LogP contribution >= 0.6 is 0 Å². The molecule has 1 N–H and O–H groups in total. The molecule has 1 aromatic rings. The van der Waals surface area contributed by atoms with E-state index < -0.39 is 12.1 Å². The van der Waals surface area contributed by atoms with Crippen molar-refractivity contribution < 1.29 is 19.1 Å². The summed E-state index contributed by atoms with van der Waals surface area (Å²) in [7, 11) is 0. The van der Waals surface area contributed by atoms with Gasteiger partial charge in [0.2, 0.25) is 5.91 Å². The number of hydrogen-bond donors (Lipinski definition) is 1. The lowest BCUT2D eigenvalue weighted by Gasteiger charge is -2.36. The molecule has 3 aliphatic heterocycles. The zero-order valence-corrected chi connectivity index (χ0v) is 24.0. The standard InChI is InChI=1S/C30H46N4O4/c1-7-12-32-13-15-33(16-14-32)22-10-8-21(9-11-22)28(36)31-24(17-20(2)3)29(37)34-18-23(30(4,5)6)27-26(34)25(35)19-38-27/h8-11,20,23-24,26-27H,7,12-19H2,1-6H3,(H,31,36)/t23-,24?,26-,27-/m1/s1. The molecule has 4 rings (SSSR count). The van der Waals surface area contributed by atoms with Crippen molar-refractivity contribution >= 4 is 23.3 Å². The summed E-state index contributed by atoms with van der Waals surface area (Å²) >= 11 is 0. The van der Waals surface area contributed by atoms with Crippen LogP contribution in [0.1, 0.15) is 64.7 Å². The maximum absolute atomic E-state index is 13.8. The summed E-state index contributed by atoms with van der Waals surface area (Å²) in [6, 6.07) is 6.43. The molecule has 0 aromatic heterocycles. The number of rotatable bonds is 8. The summed E-state index contributed by atoms with van der Waals surface area (Å²) in [5, 5.41) is 3.01. The summed E-state index contributed by atoms with van der Waals surface area (Å²) in [6.45, 7) is 18.4. The Morgan fingerprint density at radius 1 is 1.08 bits per heavy atom. The van der Waals surface area contributed by atoms with E-state index in [0.29, 0.717) is 18.5 Å². The fourth-order valence-electron chi connectivity index (χ4n) is 6.15. The molecule has 4 atom stereocenters. The molecule has 3 heterocycles. The molecule has 3 aliphatic rings. The maximum atomic E-state index is 13.8. The molecule has 0 bridgehead atoms. The number of anilines is 1. The maximum Gasteiger partial charge on any atom is 0.251 e. The predicted molar refractivity (Wildman–Crippen MR) is 149 cm³/mol. The summed E-state index contributed by atoms with van der Waals surface area (Å²) < 4.78 is 5.86. The van der Waals surface area contributed by atoms with Crippen LogP contribution in [0.4, 0.5) is 5.69 Å². The molecule has 2 amide bonds. The number of piperazine rings is 1. The lowest BCUT2D eigenvalue weighted by Crippen LogP contribution is -2.52. The number of carbonyl (C=O) groups excluding carboxylic acids is 3. The zero-order chi connectivity index (χ0) is 27.6. The first-order valence-corrected chi connectivity index (χ1v) is 14.3. The average molecular weight is 527 g/mol. The first-order chi connectivity index (χ1) is 18.0. The van der Waals surface area contributed by atoms with Crippen molar-refractivity contribution in [1.29, 1.82) is 0 Å². The van der Waals surface area contributed by atoms with E-state index in [2.05, 4.69) is 42.8 Å². The third kappa shape index (κ3) is 6.23. The molecule has 0 spiro atoms. The highest BCUT2D eigenvalue weighted by atomic mass is 16.5. The van der Waals surface area contributed by atoms with E-state index in [0.717, 1.165) is 38.4 Å². The van der Waals surface area contributed by atoms with E-state index >= 15 is 0 Å². The molecule has 210 valence electrons. The van der Waals surface area contributed by atoms with Crippen LogP contribution < -0.4 is 10.2 Å². The Kier molecular flexibility index (Phi) is 8.82. The van der Waals surface area contributed by atoms with E-state index in [-0.39, 0.29) is 47.6 Å². The molecule has 3 fully saturated rings. The Morgan fingerprint density at radius 3 is 2.32 bits per heavy atom. The quantitative estimate of drug-likeness (QED) is 0.560. The number of Topliss-reactive ketones (excluding diaryl/α,β-unsaturated/α-hetero) is 1. The number of ether oxygens (including phenoxy) is 1. The molecular weight excluding hydrogens is 480 g/mol. The van der Waals surface area contributed by atoms with Crippen molar-refractivity contribution in [3.8, 4) is 0 Å². The second-order valence-corrected chi connectivity index (χ2v) is 12.7. The number of nitrogens with one attached hydrogen (secondary N) is 1. The van der Waals surface area contributed by atoms with Crippen LogP contribution in [0.2, 0.25) is 0 Å². The van der Waals surface area contributed by atoms with Gasteiger partial charge in [0.25, 0.3) is 5.91 Å². The normalized spacial score (nSPS) is 25.1. The molecule has 0 saturated carbocycles. The largest absolute Gasteiger partial charge is 0.369 e. The van der Waals surface area contributed by atoms with Gasteiger partial charge >= 0.3 is 0 Å². The van der Waals surface area contributed by atoms with Gasteiger partial charge < -0.3 is 19.9 Å². The van der Waals surface area contributed by atoms with E-state index in [1.165, 1.54) is 6.42 Å². The van der Waals surface area contributed by atoms with Gasteiger partial charge in [0.05, 0.1) is 6.10 Å². The summed E-state index contributed by atoms with van der Waals surface area (Å²) in [6.07, 6.45) is 1.40. The number of ketones is 1. The van der Waals surface area contributed by atoms with Gasteiger partial charge in [-0.1, -0.05) is 41.5 Å². The average Bonchev–Trinajstić information content (AvgIpc) is 3.44. The number of amides is 2. The molecule has 8 nitrogen and oxygen atoms in total. The van der Waals surface area contributed by atoms with Gasteiger partial charge in [0.15, 0.2) is 5.78 Å². The second kappa shape index (κ2) is 11.7. The minimum Gasteiger partial charge on any atom is -0.369 e. The van der Waals surface area contributed by atoms with Crippen LogP contribution in [-0.2, 0) is 14.3 Å². The fraction of sp³-hybridized carbons (Fsp3) is 0.700. The van der Waals surface area contributed by atoms with Gasteiger partial charge in [-0.25, -0.2) is 0 Å². The molecule has 1 aromatic carbocycles. The van der Waals surface area contributed by atoms with E-state index in [1.54, 1.807) is 4.90 Å². The molecule has 0 aliphatic carbocycles. The lowest BCUT2D eigenvalue weighted by molar-refractivity contribution is -0.138. The third-order valence-electron chi connectivity index (χ3n) is 8.30. The fourth-order valence-corrected chi connectivity index (χ4v) is 6.15. The van der Waals surface area contributed by atoms with Crippen LogP contribution in [0.15, 0.2) is 24.3 Å². The number of fused-ring (bicyclic) bond motifs is 1. The Hall–Kier alpha value is -2.45. The molecule has 0 radical (unpaired) electrons. The van der Waals surface area contributed by atoms with Gasteiger partial charge in [-0.3, -0.25) is 19.3 Å². The van der Waals surface area contributed by atoms with E-state index in [9.17, 15) is 14.4 Å². The molecule has 1 unspecified atom stereocenters. The van der Waals surface area contributed by atoms with Gasteiger partial charge in [0.1, 0.15) is 18.7 Å². The van der Waals surface area contributed by atoms with Gasteiger partial charge in [-0.15, -0.1) is 0 Å².